The molecule has 0 aliphatic carbocycles. The molecule has 0 unspecified atom stereocenters. The molecule has 22 heavy (non-hydrogen) atoms. The number of anilines is 2. The van der Waals surface area contributed by atoms with Gasteiger partial charge in [0.25, 0.3) is 0 Å². The van der Waals surface area contributed by atoms with Gasteiger partial charge in [0.15, 0.2) is 0 Å². The third-order valence-corrected chi connectivity index (χ3v) is 3.07. The fraction of sp³-hybridized carbons (Fsp3) is 0.235. The van der Waals surface area contributed by atoms with Gasteiger partial charge >= 0.3 is 0 Å². The molecular formula is C17H20N2O3. The molecule has 5 nitrogen and oxygen atoms in total. The van der Waals surface area contributed by atoms with Crippen molar-refractivity contribution >= 4 is 17.3 Å². The van der Waals surface area contributed by atoms with E-state index in [1.165, 1.54) is 0 Å². The van der Waals surface area contributed by atoms with E-state index < -0.39 is 0 Å². The molecule has 0 radical (unpaired) electrons. The van der Waals surface area contributed by atoms with Gasteiger partial charge < -0.3 is 20.5 Å². The molecule has 0 aliphatic heterocycles. The van der Waals surface area contributed by atoms with Crippen LogP contribution in [0.25, 0.3) is 0 Å². The van der Waals surface area contributed by atoms with Gasteiger partial charge in [-0.25, -0.2) is 0 Å². The fourth-order valence-electron chi connectivity index (χ4n) is 1.88. The van der Waals surface area contributed by atoms with Crippen LogP contribution in [0, 0.1) is 0 Å². The first-order valence-electron chi connectivity index (χ1n) is 7.09. The van der Waals surface area contributed by atoms with E-state index in [0.29, 0.717) is 25.1 Å². The third kappa shape index (κ3) is 5.01. The Bertz CT molecular complexity index is 594. The Hall–Kier alpha value is -2.69. The van der Waals surface area contributed by atoms with Gasteiger partial charge in [0.1, 0.15) is 11.5 Å². The number of hydrogen-bond acceptors (Lipinski definition) is 4. The van der Waals surface area contributed by atoms with Crippen LogP contribution in [0.5, 0.6) is 11.5 Å². The second kappa shape index (κ2) is 7.93. The van der Waals surface area contributed by atoms with E-state index in [0.717, 1.165) is 17.2 Å². The molecule has 2 rings (SSSR count). The van der Waals surface area contributed by atoms with Crippen LogP contribution in [0.1, 0.15) is 12.8 Å². The lowest BCUT2D eigenvalue weighted by Gasteiger charge is -2.08. The number of hydrogen-bond donors (Lipinski definition) is 2. The summed E-state index contributed by atoms with van der Waals surface area (Å²) in [5, 5.41) is 2.82. The average Bonchev–Trinajstić information content (AvgIpc) is 2.54. The minimum Gasteiger partial charge on any atom is -0.497 e. The number of nitrogens with one attached hydrogen (secondary N) is 1. The summed E-state index contributed by atoms with van der Waals surface area (Å²) in [5.41, 5.74) is 7.01. The first kappa shape index (κ1) is 15.7. The summed E-state index contributed by atoms with van der Waals surface area (Å²) in [4.78, 5) is 11.8. The van der Waals surface area contributed by atoms with Crippen molar-refractivity contribution in [3.8, 4) is 11.5 Å². The molecule has 116 valence electrons. The highest BCUT2D eigenvalue weighted by Gasteiger charge is 2.03. The molecule has 0 aliphatic rings. The van der Waals surface area contributed by atoms with Gasteiger partial charge in [0.05, 0.1) is 13.7 Å². The molecule has 0 aromatic heterocycles. The van der Waals surface area contributed by atoms with Crippen LogP contribution in [0.4, 0.5) is 11.4 Å². The lowest BCUT2D eigenvalue weighted by atomic mass is 10.2. The quantitative estimate of drug-likeness (QED) is 0.609. The number of nitrogens with two attached hydrogens (primary N) is 1. The largest absolute Gasteiger partial charge is 0.497 e. The van der Waals surface area contributed by atoms with Crippen molar-refractivity contribution in [2.24, 2.45) is 0 Å². The van der Waals surface area contributed by atoms with Crippen molar-refractivity contribution in [2.45, 2.75) is 12.8 Å². The molecule has 0 heterocycles. The van der Waals surface area contributed by atoms with Crippen LogP contribution in [0.3, 0.4) is 0 Å². The Kier molecular flexibility index (Phi) is 5.65. The summed E-state index contributed by atoms with van der Waals surface area (Å²) in [6.45, 7) is 0.488. The highest BCUT2D eigenvalue weighted by Crippen LogP contribution is 2.17. The number of carbonyl (C=O) groups is 1. The minimum atomic E-state index is -0.0388. The Morgan fingerprint density at radius 1 is 1.05 bits per heavy atom. The first-order valence-corrected chi connectivity index (χ1v) is 7.09. The van der Waals surface area contributed by atoms with E-state index in [2.05, 4.69) is 5.32 Å². The van der Waals surface area contributed by atoms with Gasteiger partial charge in [0, 0.05) is 17.8 Å². The second-order valence-electron chi connectivity index (χ2n) is 4.80. The number of carbonyl (C=O) groups excluding carboxylic acids is 1. The normalized spacial score (nSPS) is 10.0. The van der Waals surface area contributed by atoms with Gasteiger partial charge in [-0.3, -0.25) is 4.79 Å². The number of rotatable bonds is 7. The third-order valence-electron chi connectivity index (χ3n) is 3.07. The predicted molar refractivity (Wildman–Crippen MR) is 87.2 cm³/mol. The Labute approximate surface area is 130 Å². The van der Waals surface area contributed by atoms with Gasteiger partial charge in [-0.15, -0.1) is 0 Å². The predicted octanol–water partition coefficient (Wildman–Crippen LogP) is 3.08. The fourth-order valence-corrected chi connectivity index (χ4v) is 1.88. The van der Waals surface area contributed by atoms with Crippen LogP contribution in [0.2, 0.25) is 0 Å². The summed E-state index contributed by atoms with van der Waals surface area (Å²) < 4.78 is 10.6. The molecule has 3 N–H and O–H groups in total. The summed E-state index contributed by atoms with van der Waals surface area (Å²) in [5.74, 6) is 1.51. The van der Waals surface area contributed by atoms with Crippen molar-refractivity contribution in [2.75, 3.05) is 24.8 Å². The van der Waals surface area contributed by atoms with E-state index in [-0.39, 0.29) is 5.91 Å². The Balaban J connectivity index is 1.67. The highest BCUT2D eigenvalue weighted by atomic mass is 16.5. The van der Waals surface area contributed by atoms with Gasteiger partial charge in [-0.1, -0.05) is 0 Å². The monoisotopic (exact) mass is 300 g/mol. The molecular weight excluding hydrogens is 280 g/mol. The molecule has 1 amide bonds. The first-order chi connectivity index (χ1) is 10.7. The lowest BCUT2D eigenvalue weighted by Crippen LogP contribution is -2.12. The van der Waals surface area contributed by atoms with Crippen LogP contribution in [-0.4, -0.2) is 19.6 Å². The van der Waals surface area contributed by atoms with Crippen molar-refractivity contribution in [3.63, 3.8) is 0 Å². The standard InChI is InChI=1S/C17H20N2O3/c1-21-15-8-10-16(11-9-15)22-12-2-3-17(20)19-14-6-4-13(18)5-7-14/h4-11H,2-3,12,18H2,1H3,(H,19,20). The van der Waals surface area contributed by atoms with Crippen LogP contribution in [-0.2, 0) is 4.79 Å². The van der Waals surface area contributed by atoms with Crippen molar-refractivity contribution in [3.05, 3.63) is 48.5 Å². The van der Waals surface area contributed by atoms with E-state index in [1.807, 2.05) is 24.3 Å². The highest BCUT2D eigenvalue weighted by molar-refractivity contribution is 5.90. The molecule has 5 heteroatoms. The number of ether oxygens (including phenoxy) is 2. The van der Waals surface area contributed by atoms with E-state index >= 15 is 0 Å². The van der Waals surface area contributed by atoms with Gasteiger partial charge in [0.2, 0.25) is 5.91 Å². The van der Waals surface area contributed by atoms with Gasteiger partial charge in [-0.05, 0) is 55.0 Å². The smallest absolute Gasteiger partial charge is 0.224 e. The molecule has 0 spiro atoms. The maximum absolute atomic E-state index is 11.8. The van der Waals surface area contributed by atoms with Crippen molar-refractivity contribution in [1.82, 2.24) is 0 Å². The zero-order valence-corrected chi connectivity index (χ0v) is 12.5. The van der Waals surface area contributed by atoms with E-state index in [9.17, 15) is 4.79 Å². The molecule has 0 atom stereocenters. The van der Waals surface area contributed by atoms with Crippen molar-refractivity contribution in [1.29, 1.82) is 0 Å². The maximum Gasteiger partial charge on any atom is 0.224 e. The number of methoxy groups -OCH3 is 1. The van der Waals surface area contributed by atoms with Crippen LogP contribution in [0.15, 0.2) is 48.5 Å². The van der Waals surface area contributed by atoms with Crippen molar-refractivity contribution < 1.29 is 14.3 Å². The Morgan fingerprint density at radius 2 is 1.68 bits per heavy atom. The number of amides is 1. The zero-order chi connectivity index (χ0) is 15.8. The van der Waals surface area contributed by atoms with E-state index in [4.69, 9.17) is 15.2 Å². The van der Waals surface area contributed by atoms with Gasteiger partial charge in [-0.2, -0.15) is 0 Å². The zero-order valence-electron chi connectivity index (χ0n) is 12.5. The SMILES string of the molecule is COc1ccc(OCCCC(=O)Nc2ccc(N)cc2)cc1. The molecule has 0 saturated heterocycles. The second-order valence-corrected chi connectivity index (χ2v) is 4.80. The average molecular weight is 300 g/mol. The molecule has 0 fully saturated rings. The molecule has 2 aromatic rings. The topological polar surface area (TPSA) is 73.6 Å². The molecule has 2 aromatic carbocycles. The van der Waals surface area contributed by atoms with Crippen LogP contribution < -0.4 is 20.5 Å². The molecule has 0 bridgehead atoms. The molecule has 0 saturated carbocycles. The summed E-state index contributed by atoms with van der Waals surface area (Å²) in [6.07, 6.45) is 1.05. The summed E-state index contributed by atoms with van der Waals surface area (Å²) >= 11 is 0. The minimum absolute atomic E-state index is 0.0388. The lowest BCUT2D eigenvalue weighted by molar-refractivity contribution is -0.116. The maximum atomic E-state index is 11.8. The Morgan fingerprint density at radius 3 is 2.32 bits per heavy atom. The number of nitrogen functional groups attached to an aromatic ring is 1. The summed E-state index contributed by atoms with van der Waals surface area (Å²) in [6, 6.07) is 14.4. The van der Waals surface area contributed by atoms with E-state index in [1.54, 1.807) is 31.4 Å². The van der Waals surface area contributed by atoms with Crippen LogP contribution >= 0.6 is 0 Å². The number of benzene rings is 2. The summed E-state index contributed by atoms with van der Waals surface area (Å²) in [7, 11) is 1.62.